The Morgan fingerprint density at radius 3 is 2.20 bits per heavy atom. The minimum absolute atomic E-state index is 0.0452. The SMILES string of the molecule is CC1(C)c2ccccc2-c2cc(C3C=c4c(n(-c5ccc(-c6ccccc6)cc5)c5ccccc45)=CC3)ccc21. The number of nitrogens with zero attached hydrogens (tertiary/aromatic N) is 1. The summed E-state index contributed by atoms with van der Waals surface area (Å²) in [6.45, 7) is 4.71. The number of rotatable bonds is 3. The topological polar surface area (TPSA) is 4.93 Å². The van der Waals surface area contributed by atoms with E-state index in [9.17, 15) is 0 Å². The van der Waals surface area contributed by atoms with Crippen molar-refractivity contribution in [3.05, 3.63) is 149 Å². The first-order valence-corrected chi connectivity index (χ1v) is 14.3. The molecular formula is C39H31N. The molecule has 1 heteroatoms. The molecule has 0 N–H and O–H groups in total. The van der Waals surface area contributed by atoms with Gasteiger partial charge in [0.25, 0.3) is 0 Å². The number of aromatic nitrogens is 1. The van der Waals surface area contributed by atoms with E-state index >= 15 is 0 Å². The molecule has 0 saturated carbocycles. The first-order chi connectivity index (χ1) is 19.6. The highest BCUT2D eigenvalue weighted by Gasteiger charge is 2.35. The lowest BCUT2D eigenvalue weighted by Crippen LogP contribution is -2.31. The van der Waals surface area contributed by atoms with E-state index in [1.165, 1.54) is 66.1 Å². The molecule has 1 atom stereocenters. The molecule has 6 aromatic rings. The zero-order chi connectivity index (χ0) is 26.8. The van der Waals surface area contributed by atoms with Crippen LogP contribution in [0.2, 0.25) is 0 Å². The van der Waals surface area contributed by atoms with Crippen LogP contribution in [-0.4, -0.2) is 4.57 Å². The highest BCUT2D eigenvalue weighted by molar-refractivity contribution is 5.86. The molecule has 2 aliphatic carbocycles. The van der Waals surface area contributed by atoms with Crippen LogP contribution in [-0.2, 0) is 5.41 Å². The second-order valence-corrected chi connectivity index (χ2v) is 11.8. The van der Waals surface area contributed by atoms with E-state index in [1.807, 2.05) is 0 Å². The number of hydrogen-bond acceptors (Lipinski definition) is 0. The van der Waals surface area contributed by atoms with Crippen LogP contribution < -0.4 is 10.6 Å². The molecule has 1 nitrogen and oxygen atoms in total. The lowest BCUT2D eigenvalue weighted by Gasteiger charge is -2.22. The van der Waals surface area contributed by atoms with Gasteiger partial charge >= 0.3 is 0 Å². The van der Waals surface area contributed by atoms with Crippen LogP contribution in [0.15, 0.2) is 121 Å². The first-order valence-electron chi connectivity index (χ1n) is 14.3. The summed E-state index contributed by atoms with van der Waals surface area (Å²) in [5, 5.41) is 3.97. The van der Waals surface area contributed by atoms with Crippen molar-refractivity contribution in [2.45, 2.75) is 31.6 Å². The summed E-state index contributed by atoms with van der Waals surface area (Å²) in [4.78, 5) is 0. The second-order valence-electron chi connectivity index (χ2n) is 11.8. The second kappa shape index (κ2) is 8.69. The Kier molecular flexibility index (Phi) is 5.06. The molecule has 0 spiro atoms. The van der Waals surface area contributed by atoms with Gasteiger partial charge in [0.1, 0.15) is 0 Å². The van der Waals surface area contributed by atoms with Crippen molar-refractivity contribution < 1.29 is 0 Å². The normalized spacial score (nSPS) is 16.5. The van der Waals surface area contributed by atoms with E-state index in [1.54, 1.807) is 0 Å². The van der Waals surface area contributed by atoms with E-state index in [4.69, 9.17) is 0 Å². The fourth-order valence-corrected chi connectivity index (χ4v) is 7.08. The van der Waals surface area contributed by atoms with Crippen molar-refractivity contribution >= 4 is 23.1 Å². The van der Waals surface area contributed by atoms with Gasteiger partial charge in [-0.25, -0.2) is 0 Å². The van der Waals surface area contributed by atoms with Crippen molar-refractivity contribution in [2.24, 2.45) is 0 Å². The third-order valence-electron chi connectivity index (χ3n) is 9.15. The van der Waals surface area contributed by atoms with Gasteiger partial charge < -0.3 is 4.57 Å². The Bertz CT molecular complexity index is 2040. The number of benzene rings is 5. The Morgan fingerprint density at radius 2 is 1.35 bits per heavy atom. The van der Waals surface area contributed by atoms with E-state index in [0.29, 0.717) is 5.92 Å². The minimum atomic E-state index is 0.0452. The number of hydrogen-bond donors (Lipinski definition) is 0. The summed E-state index contributed by atoms with van der Waals surface area (Å²) in [6.07, 6.45) is 5.96. The summed E-state index contributed by atoms with van der Waals surface area (Å²) in [5.41, 5.74) is 12.1. The standard InChI is InChI=1S/C39H31N/c1-39(2)35-14-8-6-12-31(35)33-24-28(18-22-36(33)39)29-19-23-38-34(25-29)32-13-7-9-15-37(32)40(38)30-20-16-27(17-21-30)26-10-4-3-5-11-26/h3-18,20-25,29H,19H2,1-2H3. The van der Waals surface area contributed by atoms with Crippen molar-refractivity contribution in [1.29, 1.82) is 0 Å². The van der Waals surface area contributed by atoms with Crippen LogP contribution >= 0.6 is 0 Å². The average Bonchev–Trinajstić information content (AvgIpc) is 3.46. The lowest BCUT2D eigenvalue weighted by molar-refractivity contribution is 0.660. The van der Waals surface area contributed by atoms with Gasteiger partial charge in [0.15, 0.2) is 0 Å². The molecule has 0 saturated heterocycles. The van der Waals surface area contributed by atoms with Crippen LogP contribution in [0.1, 0.15) is 42.9 Å². The highest BCUT2D eigenvalue weighted by atomic mass is 15.0. The van der Waals surface area contributed by atoms with Crippen LogP contribution in [0.25, 0.3) is 51.0 Å². The summed E-state index contributed by atoms with van der Waals surface area (Å²) in [5.74, 6) is 0.355. The Labute approximate surface area is 235 Å². The fourth-order valence-electron chi connectivity index (χ4n) is 7.08. The number of fused-ring (bicyclic) bond motifs is 6. The fraction of sp³-hybridized carbons (Fsp3) is 0.128. The summed E-state index contributed by atoms with van der Waals surface area (Å²) < 4.78 is 2.44. The summed E-state index contributed by atoms with van der Waals surface area (Å²) in [7, 11) is 0. The van der Waals surface area contributed by atoms with Crippen LogP contribution in [0.5, 0.6) is 0 Å². The first kappa shape index (κ1) is 23.3. The van der Waals surface area contributed by atoms with Gasteiger partial charge in [-0.15, -0.1) is 0 Å². The van der Waals surface area contributed by atoms with Gasteiger partial charge in [0, 0.05) is 33.0 Å². The Hall–Kier alpha value is -4.62. The van der Waals surface area contributed by atoms with E-state index in [2.05, 4.69) is 152 Å². The lowest BCUT2D eigenvalue weighted by atomic mass is 9.81. The van der Waals surface area contributed by atoms with E-state index in [0.717, 1.165) is 6.42 Å². The predicted octanol–water partition coefficient (Wildman–Crippen LogP) is 8.35. The molecule has 1 aromatic heterocycles. The van der Waals surface area contributed by atoms with Gasteiger partial charge in [-0.1, -0.05) is 129 Å². The molecule has 0 bridgehead atoms. The molecule has 2 aliphatic rings. The average molecular weight is 514 g/mol. The molecule has 1 heterocycles. The van der Waals surface area contributed by atoms with Crippen molar-refractivity contribution in [3.8, 4) is 27.9 Å². The summed E-state index contributed by atoms with van der Waals surface area (Å²) in [6, 6.07) is 44.6. The van der Waals surface area contributed by atoms with E-state index < -0.39 is 0 Å². The Balaban J connectivity index is 1.24. The molecule has 8 rings (SSSR count). The van der Waals surface area contributed by atoms with E-state index in [-0.39, 0.29) is 5.41 Å². The van der Waals surface area contributed by atoms with Gasteiger partial charge in [-0.3, -0.25) is 0 Å². The third kappa shape index (κ3) is 3.41. The molecule has 192 valence electrons. The van der Waals surface area contributed by atoms with Crippen LogP contribution in [0.3, 0.4) is 0 Å². The van der Waals surface area contributed by atoms with Crippen LogP contribution in [0.4, 0.5) is 0 Å². The Morgan fingerprint density at radius 1 is 0.650 bits per heavy atom. The van der Waals surface area contributed by atoms with Gasteiger partial charge in [0.2, 0.25) is 0 Å². The zero-order valence-corrected chi connectivity index (χ0v) is 22.9. The maximum atomic E-state index is 2.51. The maximum Gasteiger partial charge on any atom is 0.0540 e. The quantitative estimate of drug-likeness (QED) is 0.224. The molecule has 40 heavy (non-hydrogen) atoms. The molecule has 5 aromatic carbocycles. The van der Waals surface area contributed by atoms with Gasteiger partial charge in [0.05, 0.1) is 5.52 Å². The minimum Gasteiger partial charge on any atom is -0.310 e. The maximum absolute atomic E-state index is 2.51. The smallest absolute Gasteiger partial charge is 0.0540 e. The highest BCUT2D eigenvalue weighted by Crippen LogP contribution is 2.49. The van der Waals surface area contributed by atoms with Crippen molar-refractivity contribution in [3.63, 3.8) is 0 Å². The molecule has 0 fully saturated rings. The summed E-state index contributed by atoms with van der Waals surface area (Å²) >= 11 is 0. The third-order valence-corrected chi connectivity index (χ3v) is 9.15. The largest absolute Gasteiger partial charge is 0.310 e. The monoisotopic (exact) mass is 513 g/mol. The van der Waals surface area contributed by atoms with Gasteiger partial charge in [-0.2, -0.15) is 0 Å². The zero-order valence-electron chi connectivity index (χ0n) is 22.9. The van der Waals surface area contributed by atoms with Crippen molar-refractivity contribution in [1.82, 2.24) is 4.57 Å². The molecule has 0 amide bonds. The number of para-hydroxylation sites is 1. The molecule has 1 unspecified atom stereocenters. The van der Waals surface area contributed by atoms with Crippen molar-refractivity contribution in [2.75, 3.05) is 0 Å². The van der Waals surface area contributed by atoms with Gasteiger partial charge in [-0.05, 0) is 63.6 Å². The molecular weight excluding hydrogens is 482 g/mol. The molecule has 0 radical (unpaired) electrons. The predicted molar refractivity (Wildman–Crippen MR) is 168 cm³/mol. The molecule has 0 aliphatic heterocycles. The van der Waals surface area contributed by atoms with Crippen LogP contribution in [0, 0.1) is 0 Å².